The number of benzene rings is 1. The fraction of sp³-hybridized carbons (Fsp3) is 0.455. The van der Waals surface area contributed by atoms with Gasteiger partial charge in [-0.25, -0.2) is 8.42 Å². The van der Waals surface area contributed by atoms with Gasteiger partial charge in [-0.15, -0.1) is 0 Å². The Morgan fingerprint density at radius 3 is 2.71 bits per heavy atom. The van der Waals surface area contributed by atoms with Gasteiger partial charge in [-0.1, -0.05) is 6.07 Å². The van der Waals surface area contributed by atoms with Crippen molar-refractivity contribution < 1.29 is 13.2 Å². The van der Waals surface area contributed by atoms with Crippen LogP contribution in [0.2, 0.25) is 0 Å². The Labute approximate surface area is 114 Å². The first-order chi connectivity index (χ1) is 7.94. The molecule has 0 atom stereocenters. The van der Waals surface area contributed by atoms with E-state index in [4.69, 9.17) is 15.4 Å². The lowest BCUT2D eigenvalue weighted by Gasteiger charge is -2.09. The molecule has 0 spiro atoms. The lowest BCUT2D eigenvalue weighted by Crippen LogP contribution is -2.01. The molecule has 0 unspecified atom stereocenters. The molecule has 0 saturated heterocycles. The van der Waals surface area contributed by atoms with Gasteiger partial charge in [0.15, 0.2) is 0 Å². The topological polar surface area (TPSA) is 43.4 Å². The van der Waals surface area contributed by atoms with E-state index in [1.807, 2.05) is 0 Å². The fourth-order valence-electron chi connectivity index (χ4n) is 1.44. The molecule has 0 aliphatic heterocycles. The predicted octanol–water partition coefficient (Wildman–Crippen LogP) is 3.31. The molecule has 0 aromatic heterocycles. The van der Waals surface area contributed by atoms with E-state index in [2.05, 4.69) is 15.9 Å². The molecule has 1 aliphatic carbocycles. The summed E-state index contributed by atoms with van der Waals surface area (Å²) in [5.74, 6) is 1.15. The van der Waals surface area contributed by atoms with E-state index in [0.29, 0.717) is 23.8 Å². The zero-order chi connectivity index (χ0) is 12.5. The summed E-state index contributed by atoms with van der Waals surface area (Å²) in [7, 11) is 1.69. The smallest absolute Gasteiger partial charge is 0.236 e. The number of halogens is 2. The Morgan fingerprint density at radius 2 is 2.12 bits per heavy atom. The van der Waals surface area contributed by atoms with E-state index in [-0.39, 0.29) is 5.75 Å². The van der Waals surface area contributed by atoms with Crippen LogP contribution >= 0.6 is 26.6 Å². The molecule has 1 aromatic rings. The van der Waals surface area contributed by atoms with Crippen molar-refractivity contribution in [2.24, 2.45) is 5.92 Å². The van der Waals surface area contributed by atoms with E-state index in [0.717, 1.165) is 4.47 Å². The summed E-state index contributed by atoms with van der Waals surface area (Å²) in [4.78, 5) is 0. The van der Waals surface area contributed by atoms with Crippen LogP contribution in [0.3, 0.4) is 0 Å². The van der Waals surface area contributed by atoms with Crippen LogP contribution in [0.15, 0.2) is 22.7 Å². The summed E-state index contributed by atoms with van der Waals surface area (Å²) in [6, 6.07) is 5.21. The van der Waals surface area contributed by atoms with Gasteiger partial charge in [0, 0.05) is 10.7 Å². The average Bonchev–Trinajstić information content (AvgIpc) is 3.00. The first-order valence-corrected chi connectivity index (χ1v) is 8.55. The highest BCUT2D eigenvalue weighted by atomic mass is 79.9. The van der Waals surface area contributed by atoms with Gasteiger partial charge in [-0.3, -0.25) is 0 Å². The minimum Gasteiger partial charge on any atom is -0.492 e. The normalized spacial score (nSPS) is 15.9. The zero-order valence-electron chi connectivity index (χ0n) is 9.03. The van der Waals surface area contributed by atoms with Crippen molar-refractivity contribution in [2.75, 3.05) is 6.61 Å². The molecule has 17 heavy (non-hydrogen) atoms. The molecule has 0 amide bonds. The number of rotatable bonds is 5. The Balaban J connectivity index is 2.10. The summed E-state index contributed by atoms with van der Waals surface area (Å²) in [6.45, 7) is 0.690. The van der Waals surface area contributed by atoms with Crippen molar-refractivity contribution >= 4 is 35.7 Å². The van der Waals surface area contributed by atoms with Crippen molar-refractivity contribution in [1.29, 1.82) is 0 Å². The van der Waals surface area contributed by atoms with Crippen molar-refractivity contribution in [3.8, 4) is 5.75 Å². The van der Waals surface area contributed by atoms with Crippen LogP contribution in [-0.4, -0.2) is 15.0 Å². The molecule has 0 N–H and O–H groups in total. The molecule has 1 aliphatic rings. The SMILES string of the molecule is O=S(=O)(Cl)Cc1ccc(Br)c(OCC2CC2)c1. The Kier molecular flexibility index (Phi) is 4.00. The molecule has 3 nitrogen and oxygen atoms in total. The molecule has 0 heterocycles. The monoisotopic (exact) mass is 338 g/mol. The van der Waals surface area contributed by atoms with Crippen molar-refractivity contribution in [3.63, 3.8) is 0 Å². The van der Waals surface area contributed by atoms with Gasteiger partial charge in [0.05, 0.1) is 16.8 Å². The van der Waals surface area contributed by atoms with Gasteiger partial charge < -0.3 is 4.74 Å². The fourth-order valence-corrected chi connectivity index (χ4v) is 2.76. The molecule has 1 aromatic carbocycles. The number of hydrogen-bond acceptors (Lipinski definition) is 3. The maximum absolute atomic E-state index is 11.0. The highest BCUT2D eigenvalue weighted by Gasteiger charge is 2.22. The van der Waals surface area contributed by atoms with Gasteiger partial charge in [-0.05, 0) is 52.4 Å². The molecule has 1 saturated carbocycles. The lowest BCUT2D eigenvalue weighted by molar-refractivity contribution is 0.298. The number of ether oxygens (including phenoxy) is 1. The summed E-state index contributed by atoms with van der Waals surface area (Å²) >= 11 is 3.37. The van der Waals surface area contributed by atoms with Crippen LogP contribution in [-0.2, 0) is 14.8 Å². The van der Waals surface area contributed by atoms with E-state index >= 15 is 0 Å². The summed E-state index contributed by atoms with van der Waals surface area (Å²) in [6.07, 6.45) is 2.43. The Hall–Kier alpha value is -0.260. The molecule has 6 heteroatoms. The maximum atomic E-state index is 11.0. The van der Waals surface area contributed by atoms with Crippen LogP contribution in [0.4, 0.5) is 0 Å². The Bertz CT molecular complexity index is 511. The predicted molar refractivity (Wildman–Crippen MR) is 70.8 cm³/mol. The van der Waals surface area contributed by atoms with Gasteiger partial charge >= 0.3 is 0 Å². The standard InChI is InChI=1S/C11H12BrClO3S/c12-10-4-3-9(7-17(13,14)15)5-11(10)16-6-8-1-2-8/h3-5,8H,1-2,6-7H2. The quantitative estimate of drug-likeness (QED) is 0.773. The van der Waals surface area contributed by atoms with Gasteiger partial charge in [-0.2, -0.15) is 0 Å². The third kappa shape index (κ3) is 4.48. The second-order valence-corrected chi connectivity index (χ2v) is 7.83. The van der Waals surface area contributed by atoms with Crippen LogP contribution in [0.25, 0.3) is 0 Å². The van der Waals surface area contributed by atoms with Crippen LogP contribution in [0.5, 0.6) is 5.75 Å². The van der Waals surface area contributed by atoms with Crippen molar-refractivity contribution in [2.45, 2.75) is 18.6 Å². The highest BCUT2D eigenvalue weighted by molar-refractivity contribution is 9.10. The van der Waals surface area contributed by atoms with E-state index < -0.39 is 9.05 Å². The van der Waals surface area contributed by atoms with Crippen LogP contribution in [0.1, 0.15) is 18.4 Å². The Morgan fingerprint density at radius 1 is 1.41 bits per heavy atom. The number of hydrogen-bond donors (Lipinski definition) is 0. The van der Waals surface area contributed by atoms with Gasteiger partial charge in [0.25, 0.3) is 0 Å². The summed E-state index contributed by atoms with van der Waals surface area (Å²) in [5, 5.41) is 0. The summed E-state index contributed by atoms with van der Waals surface area (Å²) < 4.78 is 28.4. The minimum absolute atomic E-state index is 0.179. The van der Waals surface area contributed by atoms with Crippen molar-refractivity contribution in [3.05, 3.63) is 28.2 Å². The zero-order valence-corrected chi connectivity index (χ0v) is 12.2. The molecule has 94 valence electrons. The van der Waals surface area contributed by atoms with Crippen LogP contribution in [0, 0.1) is 5.92 Å². The molecule has 0 radical (unpaired) electrons. The first kappa shape index (κ1) is 13.2. The summed E-state index contributed by atoms with van der Waals surface area (Å²) in [5.41, 5.74) is 0.633. The van der Waals surface area contributed by atoms with E-state index in [9.17, 15) is 8.42 Å². The molecule has 2 rings (SSSR count). The van der Waals surface area contributed by atoms with Crippen molar-refractivity contribution in [1.82, 2.24) is 0 Å². The minimum atomic E-state index is -3.52. The maximum Gasteiger partial charge on any atom is 0.236 e. The van der Waals surface area contributed by atoms with Crippen LogP contribution < -0.4 is 4.74 Å². The first-order valence-electron chi connectivity index (χ1n) is 5.27. The second-order valence-electron chi connectivity index (χ2n) is 4.20. The molecular formula is C11H12BrClO3S. The highest BCUT2D eigenvalue weighted by Crippen LogP contribution is 2.32. The molecule has 0 bridgehead atoms. The average molecular weight is 340 g/mol. The third-order valence-corrected chi connectivity index (χ3v) is 4.17. The van der Waals surface area contributed by atoms with E-state index in [1.165, 1.54) is 12.8 Å². The lowest BCUT2D eigenvalue weighted by atomic mass is 10.2. The van der Waals surface area contributed by atoms with Gasteiger partial charge in [0.2, 0.25) is 9.05 Å². The largest absolute Gasteiger partial charge is 0.492 e. The molecular weight excluding hydrogens is 328 g/mol. The third-order valence-electron chi connectivity index (χ3n) is 2.51. The van der Waals surface area contributed by atoms with Gasteiger partial charge in [0.1, 0.15) is 5.75 Å². The van der Waals surface area contributed by atoms with E-state index in [1.54, 1.807) is 18.2 Å². The molecule has 1 fully saturated rings. The second kappa shape index (κ2) is 5.16.